The summed E-state index contributed by atoms with van der Waals surface area (Å²) in [5, 5.41) is 3.30. The van der Waals surface area contributed by atoms with Crippen LogP contribution >= 0.6 is 0 Å². The zero-order chi connectivity index (χ0) is 12.7. The smallest absolute Gasteiger partial charge is 0.128 e. The summed E-state index contributed by atoms with van der Waals surface area (Å²) in [5.41, 5.74) is 3.83. The van der Waals surface area contributed by atoms with Crippen molar-refractivity contribution in [1.82, 2.24) is 14.9 Å². The Kier molecular flexibility index (Phi) is 2.67. The molecule has 0 saturated heterocycles. The van der Waals surface area contributed by atoms with Crippen LogP contribution in [0.5, 0.6) is 0 Å². The predicted molar refractivity (Wildman–Crippen MR) is 68.4 cm³/mol. The Balaban J connectivity index is 2.16. The van der Waals surface area contributed by atoms with Gasteiger partial charge in [0.1, 0.15) is 11.6 Å². The lowest BCUT2D eigenvalue weighted by Crippen LogP contribution is -2.24. The molecule has 1 aliphatic heterocycles. The van der Waals surface area contributed by atoms with E-state index >= 15 is 0 Å². The lowest BCUT2D eigenvalue weighted by atomic mass is 10.1. The molecule has 2 aromatic rings. The number of benzene rings is 1. The quantitative estimate of drug-likeness (QED) is 0.835. The van der Waals surface area contributed by atoms with E-state index in [4.69, 9.17) is 0 Å². The Morgan fingerprint density at radius 3 is 2.94 bits per heavy atom. The van der Waals surface area contributed by atoms with Crippen LogP contribution in [0.25, 0.3) is 5.69 Å². The number of hydrogen-bond acceptors (Lipinski definition) is 2. The van der Waals surface area contributed by atoms with E-state index < -0.39 is 0 Å². The molecule has 0 bridgehead atoms. The largest absolute Gasteiger partial charge is 0.311 e. The molecule has 3 rings (SSSR count). The second-order valence-corrected chi connectivity index (χ2v) is 4.75. The summed E-state index contributed by atoms with van der Waals surface area (Å²) in [6.07, 6.45) is 0.936. The SMILES string of the molecule is Cc1ccc(-n2c(C)nc3c2CCNC3)cc1F. The van der Waals surface area contributed by atoms with Gasteiger partial charge < -0.3 is 9.88 Å². The predicted octanol–water partition coefficient (Wildman–Crippen LogP) is 2.27. The van der Waals surface area contributed by atoms with Crippen molar-refractivity contribution in [2.75, 3.05) is 6.54 Å². The fourth-order valence-electron chi connectivity index (χ4n) is 2.51. The van der Waals surface area contributed by atoms with E-state index in [1.807, 2.05) is 19.1 Å². The molecule has 1 N–H and O–H groups in total. The zero-order valence-electron chi connectivity index (χ0n) is 10.6. The van der Waals surface area contributed by atoms with Gasteiger partial charge in [-0.15, -0.1) is 0 Å². The van der Waals surface area contributed by atoms with Crippen molar-refractivity contribution in [2.45, 2.75) is 26.8 Å². The third-order valence-corrected chi connectivity index (χ3v) is 3.47. The number of fused-ring (bicyclic) bond motifs is 1. The van der Waals surface area contributed by atoms with E-state index in [-0.39, 0.29) is 5.82 Å². The number of nitrogens with zero attached hydrogens (tertiary/aromatic N) is 2. The molecular weight excluding hydrogens is 229 g/mol. The molecule has 0 unspecified atom stereocenters. The van der Waals surface area contributed by atoms with Gasteiger partial charge in [-0.2, -0.15) is 0 Å². The van der Waals surface area contributed by atoms with Crippen LogP contribution in [0.15, 0.2) is 18.2 Å². The van der Waals surface area contributed by atoms with Crippen LogP contribution in [0.1, 0.15) is 22.8 Å². The molecule has 0 fully saturated rings. The van der Waals surface area contributed by atoms with Crippen molar-refractivity contribution < 1.29 is 4.39 Å². The summed E-state index contributed by atoms with van der Waals surface area (Å²) in [6, 6.07) is 5.36. The second-order valence-electron chi connectivity index (χ2n) is 4.75. The molecule has 0 atom stereocenters. The number of rotatable bonds is 1. The van der Waals surface area contributed by atoms with E-state index in [1.165, 1.54) is 5.69 Å². The standard InChI is InChI=1S/C14H16FN3/c1-9-3-4-11(7-12(9)15)18-10(2)17-13-8-16-6-5-14(13)18/h3-4,7,16H,5-6,8H2,1-2H3. The fourth-order valence-corrected chi connectivity index (χ4v) is 2.51. The van der Waals surface area contributed by atoms with Crippen LogP contribution in [0.3, 0.4) is 0 Å². The summed E-state index contributed by atoms with van der Waals surface area (Å²) in [6.45, 7) is 5.50. The third kappa shape index (κ3) is 1.73. The molecule has 2 heterocycles. The van der Waals surface area contributed by atoms with Gasteiger partial charge in [-0.1, -0.05) is 6.07 Å². The highest BCUT2D eigenvalue weighted by Gasteiger charge is 2.18. The van der Waals surface area contributed by atoms with Crippen LogP contribution < -0.4 is 5.32 Å². The first-order chi connectivity index (χ1) is 8.66. The zero-order valence-corrected chi connectivity index (χ0v) is 10.6. The van der Waals surface area contributed by atoms with Crippen molar-refractivity contribution in [3.63, 3.8) is 0 Å². The van der Waals surface area contributed by atoms with Crippen LogP contribution in [-0.4, -0.2) is 16.1 Å². The topological polar surface area (TPSA) is 29.9 Å². The van der Waals surface area contributed by atoms with Gasteiger partial charge in [-0.3, -0.25) is 0 Å². The molecule has 0 radical (unpaired) electrons. The van der Waals surface area contributed by atoms with Gasteiger partial charge in [-0.25, -0.2) is 9.37 Å². The van der Waals surface area contributed by atoms with Crippen LogP contribution in [0.4, 0.5) is 4.39 Å². The molecule has 0 amide bonds. The second kappa shape index (κ2) is 4.21. The number of nitrogens with one attached hydrogen (secondary N) is 1. The molecule has 0 saturated carbocycles. The van der Waals surface area contributed by atoms with Crippen LogP contribution in [-0.2, 0) is 13.0 Å². The van der Waals surface area contributed by atoms with Gasteiger partial charge in [-0.05, 0) is 31.5 Å². The van der Waals surface area contributed by atoms with E-state index in [0.29, 0.717) is 5.56 Å². The maximum atomic E-state index is 13.7. The Hall–Kier alpha value is -1.68. The molecule has 1 aromatic heterocycles. The van der Waals surface area contributed by atoms with E-state index in [0.717, 1.165) is 36.7 Å². The minimum atomic E-state index is -0.164. The Morgan fingerprint density at radius 2 is 2.17 bits per heavy atom. The lowest BCUT2D eigenvalue weighted by Gasteiger charge is -2.16. The van der Waals surface area contributed by atoms with Crippen molar-refractivity contribution >= 4 is 0 Å². The first-order valence-electron chi connectivity index (χ1n) is 6.21. The first-order valence-corrected chi connectivity index (χ1v) is 6.21. The van der Waals surface area contributed by atoms with Gasteiger partial charge in [0, 0.05) is 30.9 Å². The monoisotopic (exact) mass is 245 g/mol. The van der Waals surface area contributed by atoms with E-state index in [1.54, 1.807) is 13.0 Å². The Bertz CT molecular complexity index is 601. The maximum Gasteiger partial charge on any atom is 0.128 e. The van der Waals surface area contributed by atoms with Gasteiger partial charge in [0.25, 0.3) is 0 Å². The minimum absolute atomic E-state index is 0.164. The number of hydrogen-bond donors (Lipinski definition) is 1. The first kappa shape index (κ1) is 11.4. The van der Waals surface area contributed by atoms with Crippen molar-refractivity contribution in [2.24, 2.45) is 0 Å². The lowest BCUT2D eigenvalue weighted by molar-refractivity contribution is 0.611. The summed E-state index contributed by atoms with van der Waals surface area (Å²) >= 11 is 0. The molecule has 4 heteroatoms. The number of aromatic nitrogens is 2. The van der Waals surface area contributed by atoms with Crippen molar-refractivity contribution in [3.05, 3.63) is 46.8 Å². The van der Waals surface area contributed by atoms with Gasteiger partial charge in [0.05, 0.1) is 5.69 Å². The number of aryl methyl sites for hydroxylation is 2. The minimum Gasteiger partial charge on any atom is -0.311 e. The summed E-state index contributed by atoms with van der Waals surface area (Å²) in [4.78, 5) is 4.56. The molecule has 0 spiro atoms. The van der Waals surface area contributed by atoms with Gasteiger partial charge in [0.15, 0.2) is 0 Å². The molecule has 1 aromatic carbocycles. The molecule has 18 heavy (non-hydrogen) atoms. The third-order valence-electron chi connectivity index (χ3n) is 3.47. The summed E-state index contributed by atoms with van der Waals surface area (Å²) in [7, 11) is 0. The molecule has 94 valence electrons. The maximum absolute atomic E-state index is 13.7. The Labute approximate surface area is 106 Å². The fraction of sp³-hybridized carbons (Fsp3) is 0.357. The van der Waals surface area contributed by atoms with Crippen LogP contribution in [0.2, 0.25) is 0 Å². The van der Waals surface area contributed by atoms with Crippen molar-refractivity contribution in [1.29, 1.82) is 0 Å². The molecule has 0 aliphatic carbocycles. The number of imidazole rings is 1. The summed E-state index contributed by atoms with van der Waals surface area (Å²) in [5.74, 6) is 0.759. The Morgan fingerprint density at radius 1 is 1.33 bits per heavy atom. The molecule has 3 nitrogen and oxygen atoms in total. The molecule has 1 aliphatic rings. The summed E-state index contributed by atoms with van der Waals surface area (Å²) < 4.78 is 15.8. The van der Waals surface area contributed by atoms with Gasteiger partial charge in [0.2, 0.25) is 0 Å². The van der Waals surface area contributed by atoms with E-state index in [2.05, 4.69) is 14.9 Å². The highest BCUT2D eigenvalue weighted by molar-refractivity contribution is 5.40. The number of halogens is 1. The van der Waals surface area contributed by atoms with E-state index in [9.17, 15) is 4.39 Å². The average Bonchev–Trinajstić information content (AvgIpc) is 2.69. The highest BCUT2D eigenvalue weighted by atomic mass is 19.1. The highest BCUT2D eigenvalue weighted by Crippen LogP contribution is 2.22. The normalized spacial score (nSPS) is 14.6. The average molecular weight is 245 g/mol. The van der Waals surface area contributed by atoms with Gasteiger partial charge >= 0.3 is 0 Å². The molecular formula is C14H16FN3. The van der Waals surface area contributed by atoms with Crippen LogP contribution in [0, 0.1) is 19.7 Å². The van der Waals surface area contributed by atoms with Crippen molar-refractivity contribution in [3.8, 4) is 5.69 Å².